The van der Waals surface area contributed by atoms with E-state index in [-0.39, 0.29) is 11.8 Å². The normalized spacial score (nSPS) is 18.3. The van der Waals surface area contributed by atoms with Crippen LogP contribution >= 0.6 is 0 Å². The summed E-state index contributed by atoms with van der Waals surface area (Å²) in [4.78, 5) is 12.1. The first-order chi connectivity index (χ1) is 9.31. The van der Waals surface area contributed by atoms with Gasteiger partial charge in [0.15, 0.2) is 0 Å². The van der Waals surface area contributed by atoms with E-state index in [2.05, 4.69) is 17.6 Å². The monoisotopic (exact) mass is 262 g/mol. The van der Waals surface area contributed by atoms with Gasteiger partial charge < -0.3 is 15.4 Å². The summed E-state index contributed by atoms with van der Waals surface area (Å²) in [5, 5.41) is 6.18. The first-order valence-electron chi connectivity index (χ1n) is 7.04. The Labute approximate surface area is 114 Å². The average Bonchev–Trinajstić information content (AvgIpc) is 2.95. The molecule has 0 spiro atoms. The number of para-hydroxylation sites is 2. The highest BCUT2D eigenvalue weighted by molar-refractivity contribution is 5.94. The fraction of sp³-hybridized carbons (Fsp3) is 0.533. The van der Waals surface area contributed by atoms with Crippen molar-refractivity contribution in [3.8, 4) is 5.75 Å². The van der Waals surface area contributed by atoms with E-state index in [9.17, 15) is 4.79 Å². The number of anilines is 1. The van der Waals surface area contributed by atoms with Crippen LogP contribution in [0.4, 0.5) is 5.69 Å². The number of unbranched alkanes of at least 4 members (excludes halogenated alkanes) is 1. The summed E-state index contributed by atoms with van der Waals surface area (Å²) in [5.74, 6) is 0.912. The van der Waals surface area contributed by atoms with E-state index in [0.29, 0.717) is 6.61 Å². The SMILES string of the molecule is CCCCOc1ccccc1NC(=O)C1CCNC1. The average molecular weight is 262 g/mol. The molecule has 19 heavy (non-hydrogen) atoms. The van der Waals surface area contributed by atoms with Crippen molar-refractivity contribution in [2.45, 2.75) is 26.2 Å². The molecule has 1 aliphatic heterocycles. The van der Waals surface area contributed by atoms with Gasteiger partial charge in [-0.3, -0.25) is 4.79 Å². The molecule has 1 unspecified atom stereocenters. The lowest BCUT2D eigenvalue weighted by atomic mass is 10.1. The molecule has 2 N–H and O–H groups in total. The van der Waals surface area contributed by atoms with Crippen LogP contribution in [0.2, 0.25) is 0 Å². The minimum Gasteiger partial charge on any atom is -0.491 e. The Hall–Kier alpha value is -1.55. The van der Waals surface area contributed by atoms with Gasteiger partial charge in [-0.1, -0.05) is 25.5 Å². The standard InChI is InChI=1S/C15H22N2O2/c1-2-3-10-19-14-7-5-4-6-13(14)17-15(18)12-8-9-16-11-12/h4-7,12,16H,2-3,8-11H2,1H3,(H,17,18). The maximum Gasteiger partial charge on any atom is 0.228 e. The highest BCUT2D eigenvalue weighted by atomic mass is 16.5. The van der Waals surface area contributed by atoms with Crippen LogP contribution in [-0.4, -0.2) is 25.6 Å². The Balaban J connectivity index is 1.96. The van der Waals surface area contributed by atoms with E-state index >= 15 is 0 Å². The van der Waals surface area contributed by atoms with Gasteiger partial charge in [0.25, 0.3) is 0 Å². The van der Waals surface area contributed by atoms with Crippen molar-refractivity contribution in [1.82, 2.24) is 5.32 Å². The second kappa shape index (κ2) is 7.14. The summed E-state index contributed by atoms with van der Waals surface area (Å²) in [6.07, 6.45) is 3.03. The fourth-order valence-corrected chi connectivity index (χ4v) is 2.14. The number of carbonyl (C=O) groups excluding carboxylic acids is 1. The van der Waals surface area contributed by atoms with E-state index in [1.54, 1.807) is 0 Å². The van der Waals surface area contributed by atoms with Gasteiger partial charge in [-0.15, -0.1) is 0 Å². The maximum absolute atomic E-state index is 12.1. The zero-order valence-corrected chi connectivity index (χ0v) is 11.4. The van der Waals surface area contributed by atoms with Crippen molar-refractivity contribution < 1.29 is 9.53 Å². The Morgan fingerprint density at radius 1 is 1.47 bits per heavy atom. The predicted molar refractivity (Wildman–Crippen MR) is 76.5 cm³/mol. The van der Waals surface area contributed by atoms with Crippen molar-refractivity contribution in [3.63, 3.8) is 0 Å². The molecule has 1 saturated heterocycles. The van der Waals surface area contributed by atoms with Crippen molar-refractivity contribution in [2.75, 3.05) is 25.0 Å². The van der Waals surface area contributed by atoms with Crippen molar-refractivity contribution in [3.05, 3.63) is 24.3 Å². The van der Waals surface area contributed by atoms with Gasteiger partial charge >= 0.3 is 0 Å². The summed E-state index contributed by atoms with van der Waals surface area (Å²) in [6, 6.07) is 7.63. The Kier molecular flexibility index (Phi) is 5.21. The van der Waals surface area contributed by atoms with Crippen LogP contribution in [-0.2, 0) is 4.79 Å². The van der Waals surface area contributed by atoms with Crippen LogP contribution in [0.1, 0.15) is 26.2 Å². The Morgan fingerprint density at radius 3 is 3.05 bits per heavy atom. The number of hydrogen-bond donors (Lipinski definition) is 2. The molecule has 0 saturated carbocycles. The van der Waals surface area contributed by atoms with Gasteiger partial charge in [0.2, 0.25) is 5.91 Å². The molecule has 1 aromatic rings. The molecule has 4 heteroatoms. The van der Waals surface area contributed by atoms with Gasteiger partial charge in [-0.05, 0) is 31.5 Å². The number of benzene rings is 1. The molecule has 0 aromatic heterocycles. The second-order valence-corrected chi connectivity index (χ2v) is 4.88. The van der Waals surface area contributed by atoms with E-state index < -0.39 is 0 Å². The van der Waals surface area contributed by atoms with Crippen molar-refractivity contribution >= 4 is 11.6 Å². The molecule has 0 aliphatic carbocycles. The van der Waals surface area contributed by atoms with Crippen LogP contribution in [0.3, 0.4) is 0 Å². The summed E-state index contributed by atoms with van der Waals surface area (Å²) in [7, 11) is 0. The minimum atomic E-state index is 0.0729. The number of ether oxygens (including phenoxy) is 1. The maximum atomic E-state index is 12.1. The topological polar surface area (TPSA) is 50.4 Å². The molecule has 0 bridgehead atoms. The van der Waals surface area contributed by atoms with Crippen LogP contribution in [0.25, 0.3) is 0 Å². The molecule has 0 radical (unpaired) electrons. The zero-order valence-electron chi connectivity index (χ0n) is 11.4. The second-order valence-electron chi connectivity index (χ2n) is 4.88. The number of amides is 1. The summed E-state index contributed by atoms with van der Waals surface area (Å²) in [5.41, 5.74) is 0.774. The van der Waals surface area contributed by atoms with Crippen LogP contribution in [0.5, 0.6) is 5.75 Å². The number of rotatable bonds is 6. The first-order valence-corrected chi connectivity index (χ1v) is 7.04. The van der Waals surface area contributed by atoms with E-state index in [1.807, 2.05) is 24.3 Å². The highest BCUT2D eigenvalue weighted by Crippen LogP contribution is 2.25. The van der Waals surface area contributed by atoms with E-state index in [1.165, 1.54) is 0 Å². The van der Waals surface area contributed by atoms with Crippen LogP contribution < -0.4 is 15.4 Å². The van der Waals surface area contributed by atoms with Gasteiger partial charge in [-0.25, -0.2) is 0 Å². The first kappa shape index (κ1) is 13.9. The third-order valence-electron chi connectivity index (χ3n) is 3.33. The molecule has 1 amide bonds. The molecule has 1 aromatic carbocycles. The molecule has 1 fully saturated rings. The zero-order chi connectivity index (χ0) is 13.5. The third-order valence-corrected chi connectivity index (χ3v) is 3.33. The fourth-order valence-electron chi connectivity index (χ4n) is 2.14. The lowest BCUT2D eigenvalue weighted by molar-refractivity contribution is -0.119. The minimum absolute atomic E-state index is 0.0729. The molecule has 104 valence electrons. The van der Waals surface area contributed by atoms with E-state index in [4.69, 9.17) is 4.74 Å². The number of hydrogen-bond acceptors (Lipinski definition) is 3. The van der Waals surface area contributed by atoms with Gasteiger partial charge in [0.05, 0.1) is 18.2 Å². The van der Waals surface area contributed by atoms with Crippen molar-refractivity contribution in [2.24, 2.45) is 5.92 Å². The van der Waals surface area contributed by atoms with Gasteiger partial charge in [-0.2, -0.15) is 0 Å². The Morgan fingerprint density at radius 2 is 2.32 bits per heavy atom. The summed E-state index contributed by atoms with van der Waals surface area (Å²) < 4.78 is 5.71. The molecule has 1 atom stereocenters. The number of carbonyl (C=O) groups is 1. The van der Waals surface area contributed by atoms with Crippen molar-refractivity contribution in [1.29, 1.82) is 0 Å². The molecule has 1 heterocycles. The van der Waals surface area contributed by atoms with Gasteiger partial charge in [0.1, 0.15) is 5.75 Å². The molecule has 1 aliphatic rings. The van der Waals surface area contributed by atoms with Gasteiger partial charge in [0, 0.05) is 6.54 Å². The molecule has 2 rings (SSSR count). The lowest BCUT2D eigenvalue weighted by Gasteiger charge is -2.14. The predicted octanol–water partition coefficient (Wildman–Crippen LogP) is 2.41. The molecular formula is C15H22N2O2. The lowest BCUT2D eigenvalue weighted by Crippen LogP contribution is -2.24. The molecular weight excluding hydrogens is 240 g/mol. The van der Waals surface area contributed by atoms with Crippen LogP contribution in [0.15, 0.2) is 24.3 Å². The third kappa shape index (κ3) is 3.96. The molecule has 4 nitrogen and oxygen atoms in total. The summed E-state index contributed by atoms with van der Waals surface area (Å²) in [6.45, 7) is 4.51. The largest absolute Gasteiger partial charge is 0.491 e. The van der Waals surface area contributed by atoms with E-state index in [0.717, 1.165) is 43.8 Å². The van der Waals surface area contributed by atoms with Crippen LogP contribution in [0, 0.1) is 5.92 Å². The Bertz CT molecular complexity index is 414. The summed E-state index contributed by atoms with van der Waals surface area (Å²) >= 11 is 0. The quantitative estimate of drug-likeness (QED) is 0.774. The highest BCUT2D eigenvalue weighted by Gasteiger charge is 2.22. The smallest absolute Gasteiger partial charge is 0.228 e. The number of nitrogens with one attached hydrogen (secondary N) is 2.